The number of nitrogens with zero attached hydrogens (tertiary/aromatic N) is 1. The number of nitrogens with one attached hydrogen (secondary N) is 1. The van der Waals surface area contributed by atoms with Gasteiger partial charge in [-0.25, -0.2) is 4.79 Å². The van der Waals surface area contributed by atoms with Crippen LogP contribution in [0.15, 0.2) is 12.1 Å². The lowest BCUT2D eigenvalue weighted by atomic mass is 9.92. The zero-order valence-corrected chi connectivity index (χ0v) is 19.6. The van der Waals surface area contributed by atoms with E-state index in [9.17, 15) is 14.7 Å². The second kappa shape index (κ2) is 9.76. The van der Waals surface area contributed by atoms with Gasteiger partial charge in [0.2, 0.25) is 5.91 Å². The third-order valence-electron chi connectivity index (χ3n) is 6.38. The van der Waals surface area contributed by atoms with Crippen LogP contribution in [0.3, 0.4) is 0 Å². The van der Waals surface area contributed by atoms with Crippen LogP contribution in [-0.4, -0.2) is 34.6 Å². The summed E-state index contributed by atoms with van der Waals surface area (Å²) in [5.41, 5.74) is 7.51. The SMILES string of the molecule is CCc1ccc2nc(C)c(C(=O)O)c(N)c2c1OCC(C)(C)C(=O)NC1CCCCCC1. The minimum absolute atomic E-state index is 0.0130. The predicted molar refractivity (Wildman–Crippen MR) is 126 cm³/mol. The normalized spacial score (nSPS) is 15.4. The van der Waals surface area contributed by atoms with Crippen LogP contribution < -0.4 is 15.8 Å². The highest BCUT2D eigenvalue weighted by molar-refractivity contribution is 6.07. The Morgan fingerprint density at radius 3 is 2.47 bits per heavy atom. The van der Waals surface area contributed by atoms with E-state index in [2.05, 4.69) is 10.3 Å². The van der Waals surface area contributed by atoms with E-state index >= 15 is 0 Å². The fourth-order valence-corrected chi connectivity index (χ4v) is 4.36. The second-order valence-electron chi connectivity index (χ2n) is 9.43. The molecule has 0 unspecified atom stereocenters. The number of pyridine rings is 1. The van der Waals surface area contributed by atoms with Crippen molar-refractivity contribution in [2.24, 2.45) is 5.41 Å². The van der Waals surface area contributed by atoms with Gasteiger partial charge in [0.25, 0.3) is 0 Å². The summed E-state index contributed by atoms with van der Waals surface area (Å²) in [6.07, 6.45) is 7.47. The molecule has 0 bridgehead atoms. The topological polar surface area (TPSA) is 115 Å². The summed E-state index contributed by atoms with van der Waals surface area (Å²) >= 11 is 0. The number of fused-ring (bicyclic) bond motifs is 1. The summed E-state index contributed by atoms with van der Waals surface area (Å²) in [5, 5.41) is 13.3. The summed E-state index contributed by atoms with van der Waals surface area (Å²) < 4.78 is 6.22. The fourth-order valence-electron chi connectivity index (χ4n) is 4.36. The average molecular weight is 442 g/mol. The molecule has 0 spiro atoms. The molecule has 0 saturated heterocycles. The Hall–Kier alpha value is -2.83. The number of hydrogen-bond acceptors (Lipinski definition) is 5. The molecular weight excluding hydrogens is 406 g/mol. The molecule has 1 amide bonds. The molecule has 0 aliphatic heterocycles. The van der Waals surface area contributed by atoms with E-state index in [0.717, 1.165) is 31.2 Å². The molecule has 1 saturated carbocycles. The predicted octanol–water partition coefficient (Wildman–Crippen LogP) is 4.63. The highest BCUT2D eigenvalue weighted by Crippen LogP contribution is 2.37. The third kappa shape index (κ3) is 4.97. The van der Waals surface area contributed by atoms with Gasteiger partial charge in [0.05, 0.1) is 27.7 Å². The van der Waals surface area contributed by atoms with Gasteiger partial charge in [-0.2, -0.15) is 0 Å². The van der Waals surface area contributed by atoms with E-state index in [1.807, 2.05) is 32.9 Å². The van der Waals surface area contributed by atoms with Crippen molar-refractivity contribution in [3.8, 4) is 5.75 Å². The lowest BCUT2D eigenvalue weighted by molar-refractivity contribution is -0.131. The Balaban J connectivity index is 1.89. The molecule has 7 heteroatoms. The number of aromatic carboxylic acids is 1. The minimum atomic E-state index is -1.12. The molecular formula is C25H35N3O4. The Morgan fingerprint density at radius 2 is 1.88 bits per heavy atom. The van der Waals surface area contributed by atoms with Crippen LogP contribution in [0.1, 0.15) is 80.9 Å². The van der Waals surface area contributed by atoms with Crippen LogP contribution in [0.2, 0.25) is 0 Å². The molecule has 1 fully saturated rings. The lowest BCUT2D eigenvalue weighted by Gasteiger charge is -2.28. The smallest absolute Gasteiger partial charge is 0.339 e. The Bertz CT molecular complexity index is 1010. The molecule has 1 heterocycles. The second-order valence-corrected chi connectivity index (χ2v) is 9.43. The number of ether oxygens (including phenoxy) is 1. The highest BCUT2D eigenvalue weighted by atomic mass is 16.5. The molecule has 0 radical (unpaired) electrons. The van der Waals surface area contributed by atoms with Crippen molar-refractivity contribution in [1.82, 2.24) is 10.3 Å². The zero-order valence-electron chi connectivity index (χ0n) is 19.6. The number of carbonyl (C=O) groups is 2. The summed E-state index contributed by atoms with van der Waals surface area (Å²) in [7, 11) is 0. The monoisotopic (exact) mass is 441 g/mol. The standard InChI is InChI=1S/C25H35N3O4/c1-5-16-12-13-18-20(21(26)19(23(29)30)15(2)27-18)22(16)32-14-25(3,4)24(31)28-17-10-8-6-7-9-11-17/h12-13,17H,5-11,14H2,1-4H3,(H2,26,27)(H,28,31)(H,29,30). The number of nitrogen functional groups attached to an aromatic ring is 1. The lowest BCUT2D eigenvalue weighted by Crippen LogP contribution is -2.45. The van der Waals surface area contributed by atoms with E-state index in [0.29, 0.717) is 28.8 Å². The van der Waals surface area contributed by atoms with Crippen LogP contribution in [0.4, 0.5) is 5.69 Å². The molecule has 7 nitrogen and oxygen atoms in total. The number of carbonyl (C=O) groups excluding carboxylic acids is 1. The molecule has 174 valence electrons. The molecule has 1 aliphatic carbocycles. The first-order chi connectivity index (χ1) is 15.2. The third-order valence-corrected chi connectivity index (χ3v) is 6.38. The molecule has 1 aromatic heterocycles. The van der Waals surface area contributed by atoms with Gasteiger partial charge in [-0.3, -0.25) is 9.78 Å². The van der Waals surface area contributed by atoms with Crippen molar-refractivity contribution >= 4 is 28.5 Å². The summed E-state index contributed by atoms with van der Waals surface area (Å²) in [5.74, 6) is -0.644. The van der Waals surface area contributed by atoms with Crippen molar-refractivity contribution in [3.63, 3.8) is 0 Å². The number of nitrogens with two attached hydrogens (primary N) is 1. The van der Waals surface area contributed by atoms with Crippen molar-refractivity contribution in [3.05, 3.63) is 29.0 Å². The molecule has 0 atom stereocenters. The van der Waals surface area contributed by atoms with Gasteiger partial charge in [-0.1, -0.05) is 38.7 Å². The van der Waals surface area contributed by atoms with E-state index in [1.165, 1.54) is 12.8 Å². The largest absolute Gasteiger partial charge is 0.491 e. The van der Waals surface area contributed by atoms with Gasteiger partial charge in [0.1, 0.15) is 17.9 Å². The quantitative estimate of drug-likeness (QED) is 0.540. The summed E-state index contributed by atoms with van der Waals surface area (Å²) in [6.45, 7) is 7.50. The van der Waals surface area contributed by atoms with Gasteiger partial charge in [0.15, 0.2) is 0 Å². The van der Waals surface area contributed by atoms with Crippen molar-refractivity contribution in [2.75, 3.05) is 12.3 Å². The minimum Gasteiger partial charge on any atom is -0.491 e. The van der Waals surface area contributed by atoms with Gasteiger partial charge in [-0.05, 0) is 51.7 Å². The molecule has 1 aliphatic rings. The molecule has 32 heavy (non-hydrogen) atoms. The maximum absolute atomic E-state index is 13.0. The summed E-state index contributed by atoms with van der Waals surface area (Å²) in [4.78, 5) is 29.2. The Labute approximate surface area is 189 Å². The van der Waals surface area contributed by atoms with E-state index in [1.54, 1.807) is 6.92 Å². The summed E-state index contributed by atoms with van der Waals surface area (Å²) in [6, 6.07) is 3.97. The number of amides is 1. The van der Waals surface area contributed by atoms with Crippen LogP contribution in [0.25, 0.3) is 10.9 Å². The van der Waals surface area contributed by atoms with Gasteiger partial charge in [0, 0.05) is 6.04 Å². The van der Waals surface area contributed by atoms with Crippen LogP contribution in [0.5, 0.6) is 5.75 Å². The maximum atomic E-state index is 13.0. The number of aryl methyl sites for hydroxylation is 2. The Morgan fingerprint density at radius 1 is 1.22 bits per heavy atom. The molecule has 1 aromatic carbocycles. The maximum Gasteiger partial charge on any atom is 0.339 e. The highest BCUT2D eigenvalue weighted by Gasteiger charge is 2.31. The van der Waals surface area contributed by atoms with E-state index in [4.69, 9.17) is 10.5 Å². The first-order valence-electron chi connectivity index (χ1n) is 11.5. The van der Waals surface area contributed by atoms with Crippen molar-refractivity contribution in [1.29, 1.82) is 0 Å². The first-order valence-corrected chi connectivity index (χ1v) is 11.5. The van der Waals surface area contributed by atoms with Crippen molar-refractivity contribution in [2.45, 2.75) is 78.7 Å². The molecule has 3 rings (SSSR count). The fraction of sp³-hybridized carbons (Fsp3) is 0.560. The number of hydrogen-bond donors (Lipinski definition) is 3. The number of aromatic nitrogens is 1. The van der Waals surface area contributed by atoms with E-state index in [-0.39, 0.29) is 29.8 Å². The molecule has 2 aromatic rings. The average Bonchev–Trinajstić information content (AvgIpc) is 3.00. The number of rotatable bonds is 7. The number of carboxylic acids is 1. The van der Waals surface area contributed by atoms with Gasteiger partial charge in [-0.15, -0.1) is 0 Å². The molecule has 4 N–H and O–H groups in total. The van der Waals surface area contributed by atoms with Crippen LogP contribution >= 0.6 is 0 Å². The first kappa shape index (κ1) is 23.8. The van der Waals surface area contributed by atoms with Crippen LogP contribution in [-0.2, 0) is 11.2 Å². The van der Waals surface area contributed by atoms with Crippen LogP contribution in [0, 0.1) is 12.3 Å². The number of anilines is 1. The van der Waals surface area contributed by atoms with E-state index < -0.39 is 11.4 Å². The zero-order chi connectivity index (χ0) is 23.5. The van der Waals surface area contributed by atoms with Gasteiger partial charge >= 0.3 is 5.97 Å². The Kier molecular flexibility index (Phi) is 7.26. The van der Waals surface area contributed by atoms with Gasteiger partial charge < -0.3 is 20.9 Å². The number of carboxylic acid groups (broad SMARTS) is 1. The number of benzene rings is 1. The van der Waals surface area contributed by atoms with Crippen molar-refractivity contribution < 1.29 is 19.4 Å².